The average Bonchev–Trinajstić information content (AvgIpc) is 3.37. The van der Waals surface area contributed by atoms with Crippen molar-refractivity contribution in [1.82, 2.24) is 16.0 Å². The lowest BCUT2D eigenvalue weighted by molar-refractivity contribution is -0.321. The number of fused-ring (bicyclic) bond motifs is 1. The zero-order valence-corrected chi connectivity index (χ0v) is 19.5. The van der Waals surface area contributed by atoms with Crippen LogP contribution in [0.2, 0.25) is 0 Å². The number of nitrogens with one attached hydrogen (secondary N) is 3. The smallest absolute Gasteiger partial charge is 0.365 e. The van der Waals surface area contributed by atoms with Gasteiger partial charge in [0.05, 0.1) is 12.6 Å². The summed E-state index contributed by atoms with van der Waals surface area (Å²) in [4.78, 5) is 50.5. The Labute approximate surface area is 195 Å². The summed E-state index contributed by atoms with van der Waals surface area (Å²) < 4.78 is 46.7. The maximum absolute atomic E-state index is 13.1. The molecule has 0 aromatic rings. The van der Waals surface area contributed by atoms with Crippen LogP contribution in [0.4, 0.5) is 13.2 Å². The average molecular weight is 492 g/mol. The minimum Gasteiger partial charge on any atom is -0.365 e. The van der Waals surface area contributed by atoms with Crippen molar-refractivity contribution in [2.75, 3.05) is 19.8 Å². The monoisotopic (exact) mass is 491 g/mol. The standard InChI is InChI=1S/C22H32F3N3O6/c1-12(2)6-15(28-19(32)21-9-20(3,10-21)11-34-21)18(31)27-14(7-13-4-5-26-17(13)30)16(29)8-33-22(23,24)25/h12-15H,4-11H2,1-3H3,(H,26,30)(H,27,31)(H,28,32)/t13-,14?,15?,20?,21?/m0/s1. The van der Waals surface area contributed by atoms with Gasteiger partial charge in [-0.1, -0.05) is 20.8 Å². The Bertz CT molecular complexity index is 825. The van der Waals surface area contributed by atoms with Gasteiger partial charge in [-0.05, 0) is 43.4 Å². The van der Waals surface area contributed by atoms with E-state index in [1.54, 1.807) is 0 Å². The molecule has 1 aliphatic carbocycles. The molecule has 3 heterocycles. The summed E-state index contributed by atoms with van der Waals surface area (Å²) in [7, 11) is 0. The van der Waals surface area contributed by atoms with E-state index in [0.717, 1.165) is 0 Å². The number of hydrogen-bond acceptors (Lipinski definition) is 6. The molecule has 4 aliphatic rings. The van der Waals surface area contributed by atoms with Crippen molar-refractivity contribution in [3.63, 3.8) is 0 Å². The van der Waals surface area contributed by atoms with Crippen molar-refractivity contribution in [3.8, 4) is 0 Å². The van der Waals surface area contributed by atoms with Crippen molar-refractivity contribution in [2.45, 2.75) is 76.9 Å². The quantitative estimate of drug-likeness (QED) is 0.399. The van der Waals surface area contributed by atoms with Crippen LogP contribution >= 0.6 is 0 Å². The fourth-order valence-corrected chi connectivity index (χ4v) is 5.01. The molecule has 3 aliphatic heterocycles. The van der Waals surface area contributed by atoms with E-state index in [1.165, 1.54) is 0 Å². The van der Waals surface area contributed by atoms with E-state index in [0.29, 0.717) is 32.4 Å². The summed E-state index contributed by atoms with van der Waals surface area (Å²) in [6, 6.07) is -2.39. The van der Waals surface area contributed by atoms with Gasteiger partial charge in [0, 0.05) is 12.5 Å². The molecule has 9 nitrogen and oxygen atoms in total. The van der Waals surface area contributed by atoms with Crippen molar-refractivity contribution in [3.05, 3.63) is 0 Å². The van der Waals surface area contributed by atoms with Gasteiger partial charge in [0.1, 0.15) is 18.2 Å². The number of alkyl halides is 3. The zero-order valence-electron chi connectivity index (χ0n) is 19.5. The van der Waals surface area contributed by atoms with Gasteiger partial charge in [0.2, 0.25) is 11.8 Å². The highest BCUT2D eigenvalue weighted by Crippen LogP contribution is 2.57. The summed E-state index contributed by atoms with van der Waals surface area (Å²) in [6.07, 6.45) is -3.44. The molecule has 3 atom stereocenters. The molecule has 0 radical (unpaired) electrons. The second-order valence-electron chi connectivity index (χ2n) is 10.4. The lowest BCUT2D eigenvalue weighted by Crippen LogP contribution is -2.60. The van der Waals surface area contributed by atoms with E-state index >= 15 is 0 Å². The van der Waals surface area contributed by atoms with Gasteiger partial charge in [-0.15, -0.1) is 13.2 Å². The van der Waals surface area contributed by atoms with Gasteiger partial charge in [-0.2, -0.15) is 0 Å². The molecule has 12 heteroatoms. The van der Waals surface area contributed by atoms with Gasteiger partial charge in [-0.25, -0.2) is 0 Å². The first-order valence-electron chi connectivity index (χ1n) is 11.5. The van der Waals surface area contributed by atoms with Crippen LogP contribution in [0.5, 0.6) is 0 Å². The number of amides is 3. The Hall–Kier alpha value is -2.21. The van der Waals surface area contributed by atoms with Gasteiger partial charge < -0.3 is 20.7 Å². The number of carbonyl (C=O) groups is 4. The van der Waals surface area contributed by atoms with E-state index < -0.39 is 54.2 Å². The Morgan fingerprint density at radius 3 is 2.38 bits per heavy atom. The van der Waals surface area contributed by atoms with Crippen LogP contribution in [-0.4, -0.2) is 67.3 Å². The Balaban J connectivity index is 1.69. The van der Waals surface area contributed by atoms with Crippen LogP contribution in [0.3, 0.4) is 0 Å². The molecule has 3 amide bonds. The second kappa shape index (κ2) is 9.80. The van der Waals surface area contributed by atoms with Gasteiger partial charge in [0.15, 0.2) is 5.78 Å². The number of rotatable bonds is 11. The summed E-state index contributed by atoms with van der Waals surface area (Å²) >= 11 is 0. The van der Waals surface area contributed by atoms with Gasteiger partial charge in [0.25, 0.3) is 5.91 Å². The molecule has 2 unspecified atom stereocenters. The van der Waals surface area contributed by atoms with Crippen LogP contribution < -0.4 is 16.0 Å². The molecule has 0 spiro atoms. The van der Waals surface area contributed by atoms with Crippen LogP contribution in [-0.2, 0) is 28.7 Å². The molecular formula is C22H32F3N3O6. The number of ketones is 1. The maximum Gasteiger partial charge on any atom is 0.522 e. The molecule has 0 aromatic heterocycles. The molecule has 3 N–H and O–H groups in total. The second-order valence-corrected chi connectivity index (χ2v) is 10.4. The Morgan fingerprint density at radius 1 is 1.21 bits per heavy atom. The Kier molecular flexibility index (Phi) is 7.61. The predicted molar refractivity (Wildman–Crippen MR) is 112 cm³/mol. The van der Waals surface area contributed by atoms with Crippen LogP contribution in [0.15, 0.2) is 0 Å². The summed E-state index contributed by atoms with van der Waals surface area (Å²) in [5.74, 6) is -3.09. The molecule has 3 saturated heterocycles. The van der Waals surface area contributed by atoms with Crippen molar-refractivity contribution < 1.29 is 41.8 Å². The third-order valence-corrected chi connectivity index (χ3v) is 6.63. The maximum atomic E-state index is 13.1. The van der Waals surface area contributed by atoms with Crippen molar-refractivity contribution >= 4 is 23.5 Å². The molecule has 4 rings (SSSR count). The number of halogens is 3. The summed E-state index contributed by atoms with van der Waals surface area (Å²) in [5.41, 5.74) is -1.02. The third-order valence-electron chi connectivity index (χ3n) is 6.63. The first kappa shape index (κ1) is 26.4. The number of carbonyl (C=O) groups excluding carboxylic acids is 4. The largest absolute Gasteiger partial charge is 0.522 e. The highest BCUT2D eigenvalue weighted by Gasteiger charge is 2.64. The molecule has 2 bridgehead atoms. The SMILES string of the molecule is CC(C)CC(NC(=O)C12CC(C)(CO1)C2)C(=O)NC(C[C@@H]1CCNC1=O)C(=O)COC(F)(F)F. The molecule has 192 valence electrons. The highest BCUT2D eigenvalue weighted by atomic mass is 19.4. The Morgan fingerprint density at radius 2 is 1.88 bits per heavy atom. The number of hydrogen-bond donors (Lipinski definition) is 3. The first-order valence-corrected chi connectivity index (χ1v) is 11.5. The number of ether oxygens (including phenoxy) is 2. The molecule has 34 heavy (non-hydrogen) atoms. The van der Waals surface area contributed by atoms with Gasteiger partial charge >= 0.3 is 6.36 Å². The van der Waals surface area contributed by atoms with E-state index in [2.05, 4.69) is 20.7 Å². The van der Waals surface area contributed by atoms with Crippen molar-refractivity contribution in [1.29, 1.82) is 0 Å². The summed E-state index contributed by atoms with van der Waals surface area (Å²) in [6.45, 7) is 5.26. The normalized spacial score (nSPS) is 29.9. The third kappa shape index (κ3) is 6.26. The topological polar surface area (TPSA) is 123 Å². The van der Waals surface area contributed by atoms with Crippen LogP contribution in [0, 0.1) is 17.3 Å². The van der Waals surface area contributed by atoms with E-state index in [1.807, 2.05) is 20.8 Å². The first-order chi connectivity index (χ1) is 15.7. The van der Waals surface area contributed by atoms with Crippen LogP contribution in [0.1, 0.15) is 52.9 Å². The van der Waals surface area contributed by atoms with Gasteiger partial charge in [-0.3, -0.25) is 23.9 Å². The van der Waals surface area contributed by atoms with E-state index in [4.69, 9.17) is 4.74 Å². The predicted octanol–water partition coefficient (Wildman–Crippen LogP) is 1.20. The molecule has 1 saturated carbocycles. The molecule has 0 aromatic carbocycles. The van der Waals surface area contributed by atoms with Crippen LogP contribution in [0.25, 0.3) is 0 Å². The molecular weight excluding hydrogens is 459 g/mol. The van der Waals surface area contributed by atoms with E-state index in [9.17, 15) is 32.3 Å². The fourth-order valence-electron chi connectivity index (χ4n) is 5.01. The lowest BCUT2D eigenvalue weighted by atomic mass is 9.63. The number of Topliss-reactive ketones (excluding diaryl/α,β-unsaturated/α-hetero) is 1. The molecule has 4 fully saturated rings. The minimum absolute atomic E-state index is 0.00646. The minimum atomic E-state index is -5.01. The van der Waals surface area contributed by atoms with Crippen molar-refractivity contribution in [2.24, 2.45) is 17.3 Å². The van der Waals surface area contributed by atoms with E-state index in [-0.39, 0.29) is 30.1 Å². The highest BCUT2D eigenvalue weighted by molar-refractivity contribution is 5.95. The zero-order chi connectivity index (χ0) is 25.3. The lowest BCUT2D eigenvalue weighted by Gasteiger charge is -2.41. The summed E-state index contributed by atoms with van der Waals surface area (Å²) in [5, 5.41) is 7.77. The fraction of sp³-hybridized carbons (Fsp3) is 0.818.